The molecule has 3 saturated heterocycles. The van der Waals surface area contributed by atoms with Gasteiger partial charge in [-0.1, -0.05) is 58.4 Å². The van der Waals surface area contributed by atoms with Crippen LogP contribution in [-0.4, -0.2) is 76.7 Å². The lowest BCUT2D eigenvalue weighted by atomic mass is 9.70. The Morgan fingerprint density at radius 2 is 2.09 bits per heavy atom. The zero-order chi connectivity index (χ0) is 24.6. The van der Waals surface area contributed by atoms with Crippen molar-refractivity contribution >= 4 is 51.0 Å². The van der Waals surface area contributed by atoms with Gasteiger partial charge in [0.2, 0.25) is 5.91 Å². The fourth-order valence-corrected chi connectivity index (χ4v) is 6.70. The summed E-state index contributed by atoms with van der Waals surface area (Å²) < 4.78 is 11.6. The van der Waals surface area contributed by atoms with Gasteiger partial charge < -0.3 is 24.4 Å². The first-order chi connectivity index (χ1) is 16.3. The van der Waals surface area contributed by atoms with Crippen molar-refractivity contribution < 1.29 is 29.0 Å². The van der Waals surface area contributed by atoms with Gasteiger partial charge in [0.1, 0.15) is 18.2 Å². The maximum absolute atomic E-state index is 14.1. The predicted molar refractivity (Wildman–Crippen MR) is 130 cm³/mol. The highest BCUT2D eigenvalue weighted by Gasteiger charge is 2.77. The Morgan fingerprint density at radius 1 is 1.35 bits per heavy atom. The molecule has 0 radical (unpaired) electrons. The number of fused-ring (bicyclic) bond motifs is 1. The number of anilines is 1. The summed E-state index contributed by atoms with van der Waals surface area (Å²) >= 11 is 9.99. The average Bonchev–Trinajstić information content (AvgIpc) is 3.40. The molecule has 0 aromatic heterocycles. The third-order valence-corrected chi connectivity index (χ3v) is 7.86. The molecule has 1 spiro atoms. The quantitative estimate of drug-likeness (QED) is 0.287. The van der Waals surface area contributed by atoms with Crippen molar-refractivity contribution in [1.82, 2.24) is 4.90 Å². The van der Waals surface area contributed by atoms with E-state index >= 15 is 0 Å². The van der Waals surface area contributed by atoms with Crippen LogP contribution in [0.1, 0.15) is 6.42 Å². The molecule has 3 fully saturated rings. The Bertz CT molecular complexity index is 1020. The van der Waals surface area contributed by atoms with Crippen molar-refractivity contribution in [3.8, 4) is 0 Å². The number of benzene rings is 1. The SMILES string of the molecule is C=CCOC(=O)[C@H]1[C@H]2C(=O)N(CCO)C(C(=O)N(CC=C)c3ccccc3Cl)C23CC(Br)[C@@H]1O3. The minimum Gasteiger partial charge on any atom is -0.461 e. The molecule has 3 aliphatic heterocycles. The van der Waals surface area contributed by atoms with Crippen molar-refractivity contribution in [2.24, 2.45) is 11.8 Å². The molecular weight excluding hydrogens is 528 g/mol. The largest absolute Gasteiger partial charge is 0.461 e. The summed E-state index contributed by atoms with van der Waals surface area (Å²) in [7, 11) is 0. The van der Waals surface area contributed by atoms with Gasteiger partial charge in [0.05, 0.1) is 35.3 Å². The number of amides is 2. The van der Waals surface area contributed by atoms with E-state index in [9.17, 15) is 19.5 Å². The number of nitrogens with zero attached hydrogens (tertiary/aromatic N) is 2. The minimum absolute atomic E-state index is 0.00521. The van der Waals surface area contributed by atoms with Crippen LogP contribution in [0, 0.1) is 11.8 Å². The van der Waals surface area contributed by atoms with Crippen LogP contribution < -0.4 is 4.90 Å². The molecule has 6 atom stereocenters. The van der Waals surface area contributed by atoms with Gasteiger partial charge in [-0.25, -0.2) is 0 Å². The zero-order valence-electron chi connectivity index (χ0n) is 18.4. The molecule has 4 rings (SSSR count). The van der Waals surface area contributed by atoms with E-state index in [1.54, 1.807) is 30.3 Å². The number of para-hydroxylation sites is 1. The molecule has 182 valence electrons. The van der Waals surface area contributed by atoms with E-state index in [4.69, 9.17) is 21.1 Å². The van der Waals surface area contributed by atoms with Gasteiger partial charge in [0, 0.05) is 17.9 Å². The topological polar surface area (TPSA) is 96.4 Å². The fraction of sp³-hybridized carbons (Fsp3) is 0.458. The summed E-state index contributed by atoms with van der Waals surface area (Å²) in [5.41, 5.74) is -0.782. The Hall–Kier alpha value is -2.20. The number of carbonyl (C=O) groups is 3. The van der Waals surface area contributed by atoms with Crippen molar-refractivity contribution in [3.63, 3.8) is 0 Å². The van der Waals surface area contributed by atoms with Crippen LogP contribution in [0.4, 0.5) is 5.69 Å². The molecule has 8 nitrogen and oxygen atoms in total. The molecule has 0 saturated carbocycles. The van der Waals surface area contributed by atoms with Gasteiger partial charge in [0.15, 0.2) is 0 Å². The molecule has 1 aromatic carbocycles. The summed E-state index contributed by atoms with van der Waals surface area (Å²) in [6.45, 7) is 7.04. The second-order valence-electron chi connectivity index (χ2n) is 8.53. The third kappa shape index (κ3) is 3.79. The number of alkyl halides is 1. The van der Waals surface area contributed by atoms with Gasteiger partial charge in [-0.2, -0.15) is 0 Å². The summed E-state index contributed by atoms with van der Waals surface area (Å²) in [5, 5.41) is 10.1. The second-order valence-corrected chi connectivity index (χ2v) is 10.1. The Morgan fingerprint density at radius 3 is 2.74 bits per heavy atom. The van der Waals surface area contributed by atoms with E-state index in [1.807, 2.05) is 0 Å². The van der Waals surface area contributed by atoms with Crippen LogP contribution in [0.3, 0.4) is 0 Å². The first-order valence-electron chi connectivity index (χ1n) is 11.0. The van der Waals surface area contributed by atoms with Crippen LogP contribution in [0.5, 0.6) is 0 Å². The maximum atomic E-state index is 14.1. The molecule has 3 aliphatic rings. The standard InChI is InChI=1S/C24H26BrClN2O6/c1-3-9-27(16-8-6-5-7-15(16)26)22(31)20-24-13-14(25)19(34-24)17(23(32)33-12-4-2)18(24)21(30)28(20)10-11-29/h3-8,14,17-20,29H,1-2,9-13H2/t14?,17-,18-,19-,20?,24?/m0/s1. The summed E-state index contributed by atoms with van der Waals surface area (Å²) in [6, 6.07) is 5.84. The number of ether oxygens (including phenoxy) is 2. The van der Waals surface area contributed by atoms with E-state index in [0.717, 1.165) is 0 Å². The fourth-order valence-electron chi connectivity index (χ4n) is 5.52. The molecule has 1 N–H and O–H groups in total. The first-order valence-corrected chi connectivity index (χ1v) is 12.3. The molecule has 10 heteroatoms. The normalized spacial score (nSPS) is 31.3. The average molecular weight is 554 g/mol. The van der Waals surface area contributed by atoms with E-state index in [0.29, 0.717) is 17.1 Å². The van der Waals surface area contributed by atoms with Crippen LogP contribution in [0.15, 0.2) is 49.6 Å². The minimum atomic E-state index is -1.25. The van der Waals surface area contributed by atoms with E-state index in [2.05, 4.69) is 29.1 Å². The van der Waals surface area contributed by atoms with Crippen LogP contribution in [0.2, 0.25) is 5.02 Å². The molecule has 2 bridgehead atoms. The lowest BCUT2D eigenvalue weighted by Crippen LogP contribution is -2.57. The number of carbonyl (C=O) groups excluding carboxylic acids is 3. The van der Waals surface area contributed by atoms with Crippen molar-refractivity contribution in [2.75, 3.05) is 31.2 Å². The molecule has 0 aliphatic carbocycles. The number of likely N-dealkylation sites (tertiary alicyclic amines) is 1. The number of hydrogen-bond donors (Lipinski definition) is 1. The number of esters is 1. The van der Waals surface area contributed by atoms with Gasteiger partial charge >= 0.3 is 5.97 Å². The van der Waals surface area contributed by atoms with Crippen LogP contribution in [-0.2, 0) is 23.9 Å². The second kappa shape index (κ2) is 9.81. The molecular formula is C24H26BrClN2O6. The van der Waals surface area contributed by atoms with Crippen molar-refractivity contribution in [3.05, 3.63) is 54.6 Å². The molecule has 3 heterocycles. The van der Waals surface area contributed by atoms with Gasteiger partial charge in [-0.05, 0) is 18.6 Å². The molecule has 3 unspecified atom stereocenters. The summed E-state index contributed by atoms with van der Waals surface area (Å²) in [4.78, 5) is 43.2. The highest BCUT2D eigenvalue weighted by molar-refractivity contribution is 9.09. The number of hydrogen-bond acceptors (Lipinski definition) is 6. The zero-order valence-corrected chi connectivity index (χ0v) is 20.8. The van der Waals surface area contributed by atoms with Gasteiger partial charge in [0.25, 0.3) is 5.91 Å². The summed E-state index contributed by atoms with van der Waals surface area (Å²) in [6.07, 6.45) is 2.75. The van der Waals surface area contributed by atoms with Crippen molar-refractivity contribution in [2.45, 2.75) is 29.0 Å². The first kappa shape index (κ1) is 24.9. The lowest BCUT2D eigenvalue weighted by Gasteiger charge is -2.37. The predicted octanol–water partition coefficient (Wildman–Crippen LogP) is 2.33. The number of halogens is 2. The highest BCUT2D eigenvalue weighted by atomic mass is 79.9. The third-order valence-electron chi connectivity index (χ3n) is 6.70. The smallest absolute Gasteiger partial charge is 0.312 e. The molecule has 1 aromatic rings. The number of β-amino-alcohol motifs (C(OH)–C–C–N with tert-alkyl or cyclic N) is 1. The Balaban J connectivity index is 1.78. The molecule has 34 heavy (non-hydrogen) atoms. The Labute approximate surface area is 211 Å². The number of aliphatic hydroxyl groups excluding tert-OH is 1. The maximum Gasteiger partial charge on any atom is 0.312 e. The molecule has 2 amide bonds. The van der Waals surface area contributed by atoms with Gasteiger partial charge in [-0.15, -0.1) is 6.58 Å². The number of rotatable bonds is 9. The summed E-state index contributed by atoms with van der Waals surface area (Å²) in [5.74, 6) is -3.18. The van der Waals surface area contributed by atoms with Crippen LogP contribution in [0.25, 0.3) is 0 Å². The highest BCUT2D eigenvalue weighted by Crippen LogP contribution is 2.60. The van der Waals surface area contributed by atoms with Gasteiger partial charge in [-0.3, -0.25) is 14.4 Å². The lowest BCUT2D eigenvalue weighted by molar-refractivity contribution is -0.153. The van der Waals surface area contributed by atoms with Crippen LogP contribution >= 0.6 is 27.5 Å². The number of aliphatic hydroxyl groups is 1. The van der Waals surface area contributed by atoms with E-state index in [1.165, 1.54) is 15.9 Å². The van der Waals surface area contributed by atoms with E-state index < -0.39 is 47.4 Å². The Kier molecular flexibility index (Phi) is 7.19. The van der Waals surface area contributed by atoms with Crippen molar-refractivity contribution in [1.29, 1.82) is 0 Å². The monoisotopic (exact) mass is 552 g/mol. The van der Waals surface area contributed by atoms with E-state index in [-0.39, 0.29) is 31.1 Å².